The first-order valence-corrected chi connectivity index (χ1v) is 8.29. The Kier molecular flexibility index (Phi) is 5.12. The average molecular weight is 356 g/mol. The first-order chi connectivity index (χ1) is 10.9. The van der Waals surface area contributed by atoms with Crippen LogP contribution in [0.3, 0.4) is 0 Å². The third-order valence-corrected chi connectivity index (χ3v) is 4.67. The molecule has 0 bridgehead atoms. The zero-order valence-corrected chi connectivity index (χ0v) is 13.9. The summed E-state index contributed by atoms with van der Waals surface area (Å²) in [6.45, 7) is 0. The monoisotopic (exact) mass is 355 g/mol. The summed E-state index contributed by atoms with van der Waals surface area (Å²) >= 11 is 5.95. The van der Waals surface area contributed by atoms with Crippen LogP contribution in [0.15, 0.2) is 47.4 Å². The van der Waals surface area contributed by atoms with Gasteiger partial charge in [-0.1, -0.05) is 23.7 Å². The lowest BCUT2D eigenvalue weighted by Crippen LogP contribution is -2.16. The van der Waals surface area contributed by atoms with Crippen LogP contribution in [0, 0.1) is 0 Å². The third-order valence-electron chi connectivity index (χ3n) is 3.01. The SMILES string of the molecule is COC(=O)c1ccccc1NS(=O)(=O)c1ccc(OC)c(Cl)c1. The molecule has 0 amide bonds. The molecule has 0 aliphatic rings. The number of sulfonamides is 1. The highest BCUT2D eigenvalue weighted by Crippen LogP contribution is 2.28. The number of ether oxygens (including phenoxy) is 2. The molecule has 0 aromatic heterocycles. The minimum atomic E-state index is -3.92. The molecule has 8 heteroatoms. The smallest absolute Gasteiger partial charge is 0.339 e. The Morgan fingerprint density at radius 3 is 2.43 bits per heavy atom. The van der Waals surface area contributed by atoms with Crippen LogP contribution in [0.4, 0.5) is 5.69 Å². The lowest BCUT2D eigenvalue weighted by molar-refractivity contribution is 0.0602. The fourth-order valence-electron chi connectivity index (χ4n) is 1.88. The fraction of sp³-hybridized carbons (Fsp3) is 0.133. The van der Waals surface area contributed by atoms with Crippen LogP contribution < -0.4 is 9.46 Å². The molecule has 0 saturated heterocycles. The minimum absolute atomic E-state index is 0.0528. The van der Waals surface area contributed by atoms with Gasteiger partial charge >= 0.3 is 5.97 Å². The van der Waals surface area contributed by atoms with Crippen molar-refractivity contribution in [3.8, 4) is 5.75 Å². The summed E-state index contributed by atoms with van der Waals surface area (Å²) in [5.74, 6) is -0.281. The van der Waals surface area contributed by atoms with Gasteiger partial charge in [-0.15, -0.1) is 0 Å². The van der Waals surface area contributed by atoms with Gasteiger partial charge in [0.15, 0.2) is 0 Å². The topological polar surface area (TPSA) is 81.7 Å². The minimum Gasteiger partial charge on any atom is -0.495 e. The second kappa shape index (κ2) is 6.89. The van der Waals surface area contributed by atoms with E-state index in [1.54, 1.807) is 12.1 Å². The molecule has 0 fully saturated rings. The second-order valence-corrected chi connectivity index (χ2v) is 6.53. The maximum atomic E-state index is 12.5. The normalized spacial score (nSPS) is 10.9. The number of anilines is 1. The summed E-state index contributed by atoms with van der Waals surface area (Å²) in [5.41, 5.74) is 0.226. The van der Waals surface area contributed by atoms with Crippen LogP contribution in [0.1, 0.15) is 10.4 Å². The van der Waals surface area contributed by atoms with E-state index in [4.69, 9.17) is 16.3 Å². The second-order valence-electron chi connectivity index (χ2n) is 4.44. The van der Waals surface area contributed by atoms with Crippen LogP contribution in [0.5, 0.6) is 5.75 Å². The van der Waals surface area contributed by atoms with Crippen molar-refractivity contribution >= 4 is 33.3 Å². The van der Waals surface area contributed by atoms with E-state index in [0.29, 0.717) is 5.75 Å². The molecule has 2 aromatic carbocycles. The van der Waals surface area contributed by atoms with Crippen molar-refractivity contribution in [2.75, 3.05) is 18.9 Å². The Morgan fingerprint density at radius 1 is 1.13 bits per heavy atom. The maximum absolute atomic E-state index is 12.5. The van der Waals surface area contributed by atoms with Gasteiger partial charge in [0.2, 0.25) is 0 Å². The molecular weight excluding hydrogens is 342 g/mol. The number of esters is 1. The molecule has 0 aliphatic carbocycles. The number of hydrogen-bond donors (Lipinski definition) is 1. The Labute approximate surface area is 139 Å². The molecule has 23 heavy (non-hydrogen) atoms. The van der Waals surface area contributed by atoms with Gasteiger partial charge in [-0.2, -0.15) is 0 Å². The molecule has 2 rings (SSSR count). The predicted molar refractivity (Wildman–Crippen MR) is 86.6 cm³/mol. The van der Waals surface area contributed by atoms with Gasteiger partial charge in [0.25, 0.3) is 10.0 Å². The van der Waals surface area contributed by atoms with E-state index >= 15 is 0 Å². The molecule has 0 radical (unpaired) electrons. The molecule has 0 unspecified atom stereocenters. The highest BCUT2D eigenvalue weighted by Gasteiger charge is 2.20. The lowest BCUT2D eigenvalue weighted by Gasteiger charge is -2.12. The highest BCUT2D eigenvalue weighted by atomic mass is 35.5. The molecule has 122 valence electrons. The molecule has 1 N–H and O–H groups in total. The van der Waals surface area contributed by atoms with Crippen LogP contribution in [-0.2, 0) is 14.8 Å². The Hall–Kier alpha value is -2.25. The largest absolute Gasteiger partial charge is 0.495 e. The zero-order chi connectivity index (χ0) is 17.0. The third kappa shape index (κ3) is 3.75. The Morgan fingerprint density at radius 2 is 1.83 bits per heavy atom. The van der Waals surface area contributed by atoms with Crippen molar-refractivity contribution in [1.82, 2.24) is 0 Å². The van der Waals surface area contributed by atoms with E-state index in [9.17, 15) is 13.2 Å². The molecule has 0 aliphatic heterocycles. The fourth-order valence-corrected chi connectivity index (χ4v) is 3.31. The van der Waals surface area contributed by atoms with Crippen LogP contribution in [0.2, 0.25) is 5.02 Å². The summed E-state index contributed by atoms with van der Waals surface area (Å²) in [6.07, 6.45) is 0. The number of halogens is 1. The first-order valence-electron chi connectivity index (χ1n) is 6.42. The van der Waals surface area contributed by atoms with E-state index < -0.39 is 16.0 Å². The van der Waals surface area contributed by atoms with E-state index in [2.05, 4.69) is 9.46 Å². The molecule has 0 spiro atoms. The van der Waals surface area contributed by atoms with E-state index in [1.807, 2.05) is 0 Å². The average Bonchev–Trinajstić information content (AvgIpc) is 2.54. The van der Waals surface area contributed by atoms with Gasteiger partial charge in [-0.25, -0.2) is 13.2 Å². The van der Waals surface area contributed by atoms with E-state index in [1.165, 1.54) is 44.6 Å². The van der Waals surface area contributed by atoms with Crippen molar-refractivity contribution in [3.05, 3.63) is 53.1 Å². The first kappa shape index (κ1) is 17.1. The quantitative estimate of drug-likeness (QED) is 0.834. The van der Waals surface area contributed by atoms with Gasteiger partial charge in [0, 0.05) is 0 Å². The number of carbonyl (C=O) groups is 1. The highest BCUT2D eigenvalue weighted by molar-refractivity contribution is 7.92. The molecule has 6 nitrogen and oxygen atoms in total. The summed E-state index contributed by atoms with van der Waals surface area (Å²) < 4.78 is 36.9. The summed E-state index contributed by atoms with van der Waals surface area (Å²) in [5, 5.41) is 0.164. The Balaban J connectivity index is 2.39. The molecule has 2 aromatic rings. The lowest BCUT2D eigenvalue weighted by atomic mass is 10.2. The molecule has 0 saturated carbocycles. The molecule has 0 heterocycles. The van der Waals surface area contributed by atoms with Crippen molar-refractivity contribution < 1.29 is 22.7 Å². The van der Waals surface area contributed by atoms with Crippen molar-refractivity contribution in [2.45, 2.75) is 4.90 Å². The maximum Gasteiger partial charge on any atom is 0.339 e. The number of benzene rings is 2. The zero-order valence-electron chi connectivity index (χ0n) is 12.4. The predicted octanol–water partition coefficient (Wildman–Crippen LogP) is 2.94. The van der Waals surface area contributed by atoms with Crippen LogP contribution in [0.25, 0.3) is 0 Å². The number of nitrogens with one attached hydrogen (secondary N) is 1. The Bertz CT molecular complexity index is 836. The van der Waals surface area contributed by atoms with Gasteiger partial charge in [-0.3, -0.25) is 4.72 Å². The molecule has 0 atom stereocenters. The van der Waals surface area contributed by atoms with Crippen LogP contribution in [-0.4, -0.2) is 28.6 Å². The van der Waals surface area contributed by atoms with Gasteiger partial charge in [0.05, 0.1) is 35.4 Å². The molecular formula is C15H14ClNO5S. The van der Waals surface area contributed by atoms with Crippen molar-refractivity contribution in [1.29, 1.82) is 0 Å². The summed E-state index contributed by atoms with van der Waals surface area (Å²) in [4.78, 5) is 11.6. The van der Waals surface area contributed by atoms with Gasteiger partial charge in [-0.05, 0) is 30.3 Å². The number of carbonyl (C=O) groups excluding carboxylic acids is 1. The summed E-state index contributed by atoms with van der Waals surface area (Å²) in [7, 11) is -1.27. The van der Waals surface area contributed by atoms with Crippen molar-refractivity contribution in [3.63, 3.8) is 0 Å². The standard InChI is InChI=1S/C15H14ClNO5S/c1-21-14-8-7-10(9-12(14)16)23(19,20)17-13-6-4-3-5-11(13)15(18)22-2/h3-9,17H,1-2H3. The van der Waals surface area contributed by atoms with Gasteiger partial charge in [0.1, 0.15) is 5.75 Å². The number of hydrogen-bond acceptors (Lipinski definition) is 5. The van der Waals surface area contributed by atoms with Gasteiger partial charge < -0.3 is 9.47 Å². The summed E-state index contributed by atoms with van der Waals surface area (Å²) in [6, 6.07) is 10.2. The number of rotatable bonds is 5. The van der Waals surface area contributed by atoms with E-state index in [-0.39, 0.29) is 21.2 Å². The van der Waals surface area contributed by atoms with E-state index in [0.717, 1.165) is 0 Å². The van der Waals surface area contributed by atoms with Crippen LogP contribution >= 0.6 is 11.6 Å². The van der Waals surface area contributed by atoms with Crippen molar-refractivity contribution in [2.24, 2.45) is 0 Å². The number of methoxy groups -OCH3 is 2. The number of para-hydroxylation sites is 1.